The second-order valence-corrected chi connectivity index (χ2v) is 6.75. The fraction of sp³-hybridized carbons (Fsp3) is 1.00. The summed E-state index contributed by atoms with van der Waals surface area (Å²) in [5.74, 6) is 5.75. The number of fused-ring (bicyclic) bond motifs is 1. The van der Waals surface area contributed by atoms with Gasteiger partial charge in [-0.3, -0.25) is 0 Å². The van der Waals surface area contributed by atoms with Gasteiger partial charge in [0.25, 0.3) is 0 Å². The van der Waals surface area contributed by atoms with Crippen LogP contribution in [0.4, 0.5) is 0 Å². The molecule has 0 aromatic carbocycles. The summed E-state index contributed by atoms with van der Waals surface area (Å²) >= 11 is 0. The van der Waals surface area contributed by atoms with Crippen LogP contribution in [0.1, 0.15) is 71.1 Å². The van der Waals surface area contributed by atoms with E-state index in [1.165, 1.54) is 19.3 Å². The molecule has 4 unspecified atom stereocenters. The van der Waals surface area contributed by atoms with Crippen molar-refractivity contribution in [3.05, 3.63) is 0 Å². The van der Waals surface area contributed by atoms with Crippen molar-refractivity contribution in [2.24, 2.45) is 29.6 Å². The van der Waals surface area contributed by atoms with E-state index in [1.54, 1.807) is 44.9 Å². The van der Waals surface area contributed by atoms with Gasteiger partial charge < -0.3 is 0 Å². The van der Waals surface area contributed by atoms with Gasteiger partial charge in [0.05, 0.1) is 0 Å². The topological polar surface area (TPSA) is 0 Å². The standard InChI is InChI=1S/C16H28/c1-2-6-15-14-10-4-3-7-13(14)11-16(15)12-8-5-9-12/h12-16H,2-11H2,1H3. The van der Waals surface area contributed by atoms with Gasteiger partial charge in [0.1, 0.15) is 0 Å². The SMILES string of the molecule is CCCC1C2CCCCC2CC1C1CCC1. The highest BCUT2D eigenvalue weighted by molar-refractivity contribution is 4.96. The fourth-order valence-corrected chi connectivity index (χ4v) is 5.11. The maximum absolute atomic E-state index is 2.40. The van der Waals surface area contributed by atoms with Gasteiger partial charge in [0, 0.05) is 0 Å². The average molecular weight is 220 g/mol. The highest BCUT2D eigenvalue weighted by Crippen LogP contribution is 2.55. The molecule has 16 heavy (non-hydrogen) atoms. The molecule has 3 saturated carbocycles. The van der Waals surface area contributed by atoms with Crippen LogP contribution < -0.4 is 0 Å². The molecule has 0 saturated heterocycles. The van der Waals surface area contributed by atoms with E-state index in [4.69, 9.17) is 0 Å². The van der Waals surface area contributed by atoms with E-state index in [0.29, 0.717) is 0 Å². The van der Waals surface area contributed by atoms with Crippen molar-refractivity contribution in [2.75, 3.05) is 0 Å². The van der Waals surface area contributed by atoms with E-state index in [0.717, 1.165) is 29.6 Å². The van der Waals surface area contributed by atoms with Crippen molar-refractivity contribution >= 4 is 0 Å². The zero-order valence-corrected chi connectivity index (χ0v) is 11.0. The van der Waals surface area contributed by atoms with Crippen LogP contribution in [-0.2, 0) is 0 Å². The molecule has 92 valence electrons. The van der Waals surface area contributed by atoms with Crippen LogP contribution in [0.3, 0.4) is 0 Å². The lowest BCUT2D eigenvalue weighted by Crippen LogP contribution is -2.27. The summed E-state index contributed by atoms with van der Waals surface area (Å²) in [5, 5.41) is 0. The van der Waals surface area contributed by atoms with Crippen LogP contribution in [0.5, 0.6) is 0 Å². The van der Waals surface area contributed by atoms with E-state index in [-0.39, 0.29) is 0 Å². The first kappa shape index (κ1) is 11.1. The highest BCUT2D eigenvalue weighted by atomic mass is 14.5. The Kier molecular flexibility index (Phi) is 3.27. The Morgan fingerprint density at radius 2 is 1.56 bits per heavy atom. The van der Waals surface area contributed by atoms with Crippen molar-refractivity contribution in [3.8, 4) is 0 Å². The lowest BCUT2D eigenvalue weighted by molar-refractivity contribution is 0.136. The van der Waals surface area contributed by atoms with Crippen LogP contribution in [0, 0.1) is 29.6 Å². The first-order chi connectivity index (χ1) is 7.90. The van der Waals surface area contributed by atoms with Crippen LogP contribution in [0.15, 0.2) is 0 Å². The third kappa shape index (κ3) is 1.83. The number of rotatable bonds is 3. The molecule has 0 N–H and O–H groups in total. The minimum absolute atomic E-state index is 1.14. The van der Waals surface area contributed by atoms with Gasteiger partial charge in [-0.15, -0.1) is 0 Å². The van der Waals surface area contributed by atoms with Crippen molar-refractivity contribution in [1.82, 2.24) is 0 Å². The van der Waals surface area contributed by atoms with Crippen LogP contribution >= 0.6 is 0 Å². The van der Waals surface area contributed by atoms with Crippen molar-refractivity contribution in [3.63, 3.8) is 0 Å². The Morgan fingerprint density at radius 1 is 0.812 bits per heavy atom. The molecule has 3 rings (SSSR count). The second-order valence-electron chi connectivity index (χ2n) is 6.75. The lowest BCUT2D eigenvalue weighted by atomic mass is 9.69. The van der Waals surface area contributed by atoms with Gasteiger partial charge in [0.2, 0.25) is 0 Å². The Labute approximate surface area is 101 Å². The predicted octanol–water partition coefficient (Wildman–Crippen LogP) is 5.03. The zero-order chi connectivity index (χ0) is 11.0. The summed E-state index contributed by atoms with van der Waals surface area (Å²) < 4.78 is 0. The van der Waals surface area contributed by atoms with E-state index in [1.807, 2.05) is 0 Å². The summed E-state index contributed by atoms with van der Waals surface area (Å²) in [4.78, 5) is 0. The van der Waals surface area contributed by atoms with Crippen LogP contribution in [0.2, 0.25) is 0 Å². The fourth-order valence-electron chi connectivity index (χ4n) is 5.11. The van der Waals surface area contributed by atoms with E-state index >= 15 is 0 Å². The van der Waals surface area contributed by atoms with E-state index < -0.39 is 0 Å². The van der Waals surface area contributed by atoms with Crippen molar-refractivity contribution in [2.45, 2.75) is 71.1 Å². The summed E-state index contributed by atoms with van der Waals surface area (Å²) in [6.45, 7) is 2.40. The zero-order valence-electron chi connectivity index (χ0n) is 11.0. The van der Waals surface area contributed by atoms with Crippen LogP contribution in [-0.4, -0.2) is 0 Å². The number of hydrogen-bond acceptors (Lipinski definition) is 0. The molecule has 0 bridgehead atoms. The minimum atomic E-state index is 1.14. The predicted molar refractivity (Wildman–Crippen MR) is 69.3 cm³/mol. The van der Waals surface area contributed by atoms with Gasteiger partial charge in [-0.2, -0.15) is 0 Å². The molecule has 3 aliphatic rings. The maximum atomic E-state index is 2.40. The Bertz CT molecular complexity index is 228. The quantitative estimate of drug-likeness (QED) is 0.626. The van der Waals surface area contributed by atoms with Crippen molar-refractivity contribution < 1.29 is 0 Å². The molecule has 0 aromatic rings. The van der Waals surface area contributed by atoms with Gasteiger partial charge in [-0.25, -0.2) is 0 Å². The Morgan fingerprint density at radius 3 is 2.25 bits per heavy atom. The molecule has 0 heteroatoms. The summed E-state index contributed by atoms with van der Waals surface area (Å²) in [7, 11) is 0. The molecule has 0 aromatic heterocycles. The first-order valence-electron chi connectivity index (χ1n) is 7.90. The molecule has 0 amide bonds. The Hall–Kier alpha value is 0. The monoisotopic (exact) mass is 220 g/mol. The van der Waals surface area contributed by atoms with E-state index in [9.17, 15) is 0 Å². The van der Waals surface area contributed by atoms with Crippen LogP contribution in [0.25, 0.3) is 0 Å². The van der Waals surface area contributed by atoms with Gasteiger partial charge in [-0.05, 0) is 42.4 Å². The van der Waals surface area contributed by atoms with Crippen molar-refractivity contribution in [1.29, 1.82) is 0 Å². The lowest BCUT2D eigenvalue weighted by Gasteiger charge is -2.36. The Balaban J connectivity index is 1.71. The normalized spacial score (nSPS) is 44.1. The second kappa shape index (κ2) is 4.70. The summed E-state index contributed by atoms with van der Waals surface area (Å²) in [6.07, 6.45) is 15.5. The van der Waals surface area contributed by atoms with E-state index in [2.05, 4.69) is 6.92 Å². The molecule has 0 heterocycles. The molecule has 0 radical (unpaired) electrons. The molecule has 0 nitrogen and oxygen atoms in total. The smallest absolute Gasteiger partial charge is 0.0352 e. The third-order valence-corrected chi connectivity index (χ3v) is 6.02. The van der Waals surface area contributed by atoms with Gasteiger partial charge in [-0.1, -0.05) is 58.3 Å². The van der Waals surface area contributed by atoms with Gasteiger partial charge in [0.15, 0.2) is 0 Å². The molecular weight excluding hydrogens is 192 g/mol. The summed E-state index contributed by atoms with van der Waals surface area (Å²) in [5.41, 5.74) is 0. The average Bonchev–Trinajstić information content (AvgIpc) is 2.56. The minimum Gasteiger partial charge on any atom is -0.0654 e. The molecule has 4 atom stereocenters. The third-order valence-electron chi connectivity index (χ3n) is 6.02. The van der Waals surface area contributed by atoms with Gasteiger partial charge >= 0.3 is 0 Å². The molecular formula is C16H28. The number of hydrogen-bond donors (Lipinski definition) is 0. The molecule has 3 aliphatic carbocycles. The molecule has 0 spiro atoms. The highest BCUT2D eigenvalue weighted by Gasteiger charge is 2.46. The largest absolute Gasteiger partial charge is 0.0654 e. The maximum Gasteiger partial charge on any atom is -0.0352 e. The molecule has 3 fully saturated rings. The first-order valence-corrected chi connectivity index (χ1v) is 7.90. The summed E-state index contributed by atoms with van der Waals surface area (Å²) in [6, 6.07) is 0. The molecule has 0 aliphatic heterocycles.